The predicted octanol–water partition coefficient (Wildman–Crippen LogP) is 2.33. The van der Waals surface area contributed by atoms with Crippen LogP contribution in [0.4, 0.5) is 0 Å². The van der Waals surface area contributed by atoms with Gasteiger partial charge in [-0.3, -0.25) is 4.79 Å². The largest absolute Gasteiger partial charge is 0.300 e. The summed E-state index contributed by atoms with van der Waals surface area (Å²) in [5.41, 5.74) is -1.01. The average molecular weight is 198 g/mol. The minimum atomic E-state index is -0.529. The van der Waals surface area contributed by atoms with Crippen LogP contribution < -0.4 is 0 Å². The van der Waals surface area contributed by atoms with Gasteiger partial charge in [-0.2, -0.15) is 0 Å². The van der Waals surface area contributed by atoms with Gasteiger partial charge in [-0.05, 0) is 27.2 Å². The highest BCUT2D eigenvalue weighted by Crippen LogP contribution is 2.37. The smallest absolute Gasteiger partial charge is 0.136 e. The number of piperidine rings is 1. The van der Waals surface area contributed by atoms with Crippen molar-refractivity contribution >= 4 is 5.78 Å². The third kappa shape index (κ3) is 1.98. The highest BCUT2D eigenvalue weighted by molar-refractivity contribution is 5.81. The molecule has 14 heavy (non-hydrogen) atoms. The summed E-state index contributed by atoms with van der Waals surface area (Å²) < 4.78 is 0. The van der Waals surface area contributed by atoms with Crippen molar-refractivity contribution in [2.75, 3.05) is 0 Å². The van der Waals surface area contributed by atoms with Gasteiger partial charge in [-0.15, -0.1) is 10.3 Å². The first-order chi connectivity index (χ1) is 6.32. The molecule has 1 fully saturated rings. The van der Waals surface area contributed by atoms with Gasteiger partial charge in [0.25, 0.3) is 0 Å². The molecule has 1 heterocycles. The summed E-state index contributed by atoms with van der Waals surface area (Å²) in [6.45, 7) is 7.66. The van der Waals surface area contributed by atoms with Gasteiger partial charge < -0.3 is 0 Å². The van der Waals surface area contributed by atoms with E-state index in [2.05, 4.69) is 0 Å². The molecular weight excluding hydrogens is 178 g/mol. The summed E-state index contributed by atoms with van der Waals surface area (Å²) in [7, 11) is 0. The summed E-state index contributed by atoms with van der Waals surface area (Å²) in [5, 5.41) is 13.2. The number of ketones is 1. The van der Waals surface area contributed by atoms with Gasteiger partial charge in [0.2, 0.25) is 0 Å². The van der Waals surface area contributed by atoms with E-state index in [9.17, 15) is 10.0 Å². The lowest BCUT2D eigenvalue weighted by Crippen LogP contribution is -2.59. The van der Waals surface area contributed by atoms with Crippen LogP contribution in [0.2, 0.25) is 0 Å². The summed E-state index contributed by atoms with van der Waals surface area (Å²) in [5.74, 6) is 0.220. The lowest BCUT2D eigenvalue weighted by molar-refractivity contribution is -0.286. The number of hydroxylamine groups is 2. The van der Waals surface area contributed by atoms with Crippen molar-refractivity contribution in [3.05, 3.63) is 0 Å². The van der Waals surface area contributed by atoms with E-state index in [4.69, 9.17) is 0 Å². The number of hydrogen-bond donors (Lipinski definition) is 0. The molecule has 0 saturated carbocycles. The van der Waals surface area contributed by atoms with E-state index < -0.39 is 11.1 Å². The Balaban J connectivity index is 2.90. The third-order valence-corrected chi connectivity index (χ3v) is 3.04. The van der Waals surface area contributed by atoms with E-state index in [1.807, 2.05) is 27.7 Å². The number of hydrogen-bond acceptors (Lipinski definition) is 2. The summed E-state index contributed by atoms with van der Waals surface area (Å²) in [6, 6.07) is 0. The zero-order valence-corrected chi connectivity index (χ0v) is 9.59. The number of nitrogens with zero attached hydrogens (tertiary/aromatic N) is 1. The first-order valence-corrected chi connectivity index (χ1v) is 5.31. The Hall–Kier alpha value is -0.410. The summed E-state index contributed by atoms with van der Waals surface area (Å²) >= 11 is 0. The molecule has 0 aromatic heterocycles. The Morgan fingerprint density at radius 3 is 2.36 bits per heavy atom. The third-order valence-electron chi connectivity index (χ3n) is 3.04. The lowest BCUT2D eigenvalue weighted by Gasteiger charge is -2.47. The molecule has 1 aliphatic heterocycles. The predicted molar refractivity (Wildman–Crippen MR) is 54.2 cm³/mol. The minimum absolute atomic E-state index is 0.220. The molecule has 0 aromatic rings. The number of rotatable bonds is 2. The van der Waals surface area contributed by atoms with E-state index in [1.54, 1.807) is 0 Å². The van der Waals surface area contributed by atoms with E-state index in [0.717, 1.165) is 17.9 Å². The molecule has 3 heteroatoms. The van der Waals surface area contributed by atoms with Gasteiger partial charge >= 0.3 is 0 Å². The fourth-order valence-corrected chi connectivity index (χ4v) is 2.57. The zero-order chi connectivity index (χ0) is 11.0. The quantitative estimate of drug-likeness (QED) is 0.683. The summed E-state index contributed by atoms with van der Waals surface area (Å²) in [6.07, 6.45) is 2.54. The maximum absolute atomic E-state index is 12.1. The molecule has 0 N–H and O–H groups in total. The molecule has 1 rings (SSSR count). The van der Waals surface area contributed by atoms with Crippen molar-refractivity contribution in [2.45, 2.75) is 64.5 Å². The first-order valence-electron chi connectivity index (χ1n) is 5.31. The van der Waals surface area contributed by atoms with Crippen molar-refractivity contribution < 1.29 is 10.0 Å². The van der Waals surface area contributed by atoms with Gasteiger partial charge in [0.15, 0.2) is 0 Å². The van der Waals surface area contributed by atoms with E-state index in [-0.39, 0.29) is 5.78 Å². The fourth-order valence-electron chi connectivity index (χ4n) is 2.57. The number of carbonyl (C=O) groups excluding carboxylic acids is 1. The molecular formula is C11H20NO2. The molecule has 1 atom stereocenters. The van der Waals surface area contributed by atoms with Crippen LogP contribution in [-0.4, -0.2) is 21.9 Å². The van der Waals surface area contributed by atoms with E-state index in [0.29, 0.717) is 12.8 Å². The van der Waals surface area contributed by atoms with Crippen LogP contribution in [0.1, 0.15) is 53.4 Å². The fraction of sp³-hybridized carbons (Fsp3) is 0.909. The molecule has 0 amide bonds. The van der Waals surface area contributed by atoms with Crippen molar-refractivity contribution in [3.63, 3.8) is 0 Å². The van der Waals surface area contributed by atoms with Crippen molar-refractivity contribution in [3.8, 4) is 0 Å². The molecule has 0 aliphatic carbocycles. The van der Waals surface area contributed by atoms with Crippen LogP contribution in [0.3, 0.4) is 0 Å². The Morgan fingerprint density at radius 1 is 1.29 bits per heavy atom. The monoisotopic (exact) mass is 198 g/mol. The Kier molecular flexibility index (Phi) is 3.02. The SMILES string of the molecule is CCCC1(C)CC(=O)CC(C)(C)N1[O]. The Labute approximate surface area is 86.1 Å². The minimum Gasteiger partial charge on any atom is -0.300 e. The normalized spacial score (nSPS) is 33.4. The van der Waals surface area contributed by atoms with Crippen LogP contribution in [0.25, 0.3) is 0 Å². The highest BCUT2D eigenvalue weighted by atomic mass is 16.5. The molecule has 3 nitrogen and oxygen atoms in total. The molecule has 1 unspecified atom stereocenters. The van der Waals surface area contributed by atoms with Crippen LogP contribution >= 0.6 is 0 Å². The molecule has 0 bridgehead atoms. The molecule has 0 spiro atoms. The molecule has 81 valence electrons. The van der Waals surface area contributed by atoms with E-state index in [1.165, 1.54) is 0 Å². The zero-order valence-electron chi connectivity index (χ0n) is 9.59. The van der Waals surface area contributed by atoms with Gasteiger partial charge in [-0.25, -0.2) is 0 Å². The first kappa shape index (κ1) is 11.7. The molecule has 1 radical (unpaired) electrons. The maximum atomic E-state index is 12.1. The summed E-state index contributed by atoms with van der Waals surface area (Å²) in [4.78, 5) is 11.5. The Morgan fingerprint density at radius 2 is 1.86 bits per heavy atom. The van der Waals surface area contributed by atoms with Crippen LogP contribution in [0.15, 0.2) is 0 Å². The molecule has 1 aliphatic rings. The van der Waals surface area contributed by atoms with Crippen LogP contribution in [0, 0.1) is 0 Å². The van der Waals surface area contributed by atoms with Gasteiger partial charge in [0.05, 0.1) is 11.1 Å². The maximum Gasteiger partial charge on any atom is 0.136 e. The Bertz CT molecular complexity index is 237. The van der Waals surface area contributed by atoms with Crippen LogP contribution in [-0.2, 0) is 10.0 Å². The van der Waals surface area contributed by atoms with Gasteiger partial charge in [-0.1, -0.05) is 13.3 Å². The molecule has 0 aromatic carbocycles. The van der Waals surface area contributed by atoms with Crippen molar-refractivity contribution in [1.82, 2.24) is 5.06 Å². The topological polar surface area (TPSA) is 40.2 Å². The number of carbonyl (C=O) groups is 1. The second-order valence-electron chi connectivity index (χ2n) is 5.25. The number of Topliss-reactive ketones (excluding diaryl/α,β-unsaturated/α-hetero) is 1. The second kappa shape index (κ2) is 3.63. The molecule has 1 saturated heterocycles. The average Bonchev–Trinajstić information content (AvgIpc) is 1.99. The highest BCUT2D eigenvalue weighted by Gasteiger charge is 2.47. The standard InChI is InChI=1S/C11H20NO2/c1-5-6-11(4)8-9(13)7-10(2,3)12(11)14/h5-8H2,1-4H3. The van der Waals surface area contributed by atoms with Crippen LogP contribution in [0.5, 0.6) is 0 Å². The van der Waals surface area contributed by atoms with Gasteiger partial charge in [0, 0.05) is 12.8 Å². The van der Waals surface area contributed by atoms with Crippen molar-refractivity contribution in [1.29, 1.82) is 0 Å². The lowest BCUT2D eigenvalue weighted by atomic mass is 9.78. The van der Waals surface area contributed by atoms with E-state index >= 15 is 0 Å². The van der Waals surface area contributed by atoms with Gasteiger partial charge in [0.1, 0.15) is 5.78 Å². The van der Waals surface area contributed by atoms with Crippen molar-refractivity contribution in [2.24, 2.45) is 0 Å². The second-order valence-corrected chi connectivity index (χ2v) is 5.25.